The second kappa shape index (κ2) is 5.14. The first kappa shape index (κ1) is 14.1. The zero-order valence-corrected chi connectivity index (χ0v) is 12.1. The van der Waals surface area contributed by atoms with Crippen molar-refractivity contribution in [3.63, 3.8) is 0 Å². The Morgan fingerprint density at radius 1 is 1.05 bits per heavy atom. The SMILES string of the molecule is Cc1ccc(CN2C(=O)c3ccccc3C2=O)n1CC(N)=O. The number of aromatic nitrogens is 1. The molecule has 3 rings (SSSR count). The summed E-state index contributed by atoms with van der Waals surface area (Å²) in [5.74, 6) is -1.10. The molecule has 6 heteroatoms. The number of benzene rings is 1. The molecule has 0 saturated carbocycles. The maximum atomic E-state index is 12.4. The molecular formula is C16H15N3O3. The van der Waals surface area contributed by atoms with Gasteiger partial charge in [0.05, 0.1) is 17.7 Å². The molecule has 1 aromatic heterocycles. The maximum Gasteiger partial charge on any atom is 0.261 e. The van der Waals surface area contributed by atoms with Crippen LogP contribution >= 0.6 is 0 Å². The number of nitrogens with two attached hydrogens (primary N) is 1. The van der Waals surface area contributed by atoms with Crippen LogP contribution in [0.3, 0.4) is 0 Å². The topological polar surface area (TPSA) is 85.4 Å². The monoisotopic (exact) mass is 297 g/mol. The molecule has 0 bridgehead atoms. The molecule has 0 spiro atoms. The number of hydrogen-bond acceptors (Lipinski definition) is 3. The van der Waals surface area contributed by atoms with E-state index >= 15 is 0 Å². The lowest BCUT2D eigenvalue weighted by Crippen LogP contribution is -2.31. The number of aryl methyl sites for hydroxylation is 1. The Balaban J connectivity index is 1.91. The Morgan fingerprint density at radius 3 is 2.18 bits per heavy atom. The summed E-state index contributed by atoms with van der Waals surface area (Å²) in [4.78, 5) is 37.1. The molecule has 2 aromatic rings. The van der Waals surface area contributed by atoms with E-state index in [0.29, 0.717) is 16.8 Å². The van der Waals surface area contributed by atoms with Crippen LogP contribution < -0.4 is 5.73 Å². The molecule has 1 aliphatic rings. The summed E-state index contributed by atoms with van der Waals surface area (Å²) in [6.07, 6.45) is 0. The first-order valence-corrected chi connectivity index (χ1v) is 6.87. The summed E-state index contributed by atoms with van der Waals surface area (Å²) < 4.78 is 1.71. The van der Waals surface area contributed by atoms with Gasteiger partial charge in [-0.05, 0) is 31.2 Å². The molecule has 0 unspecified atom stereocenters. The second-order valence-corrected chi connectivity index (χ2v) is 5.26. The van der Waals surface area contributed by atoms with Crippen molar-refractivity contribution in [2.45, 2.75) is 20.0 Å². The fourth-order valence-electron chi connectivity index (χ4n) is 2.69. The van der Waals surface area contributed by atoms with Crippen molar-refractivity contribution in [3.8, 4) is 0 Å². The average Bonchev–Trinajstić information content (AvgIpc) is 2.94. The second-order valence-electron chi connectivity index (χ2n) is 5.26. The van der Waals surface area contributed by atoms with E-state index in [1.807, 2.05) is 13.0 Å². The lowest BCUT2D eigenvalue weighted by molar-refractivity contribution is -0.118. The van der Waals surface area contributed by atoms with E-state index in [9.17, 15) is 14.4 Å². The van der Waals surface area contributed by atoms with Gasteiger partial charge in [0.15, 0.2) is 0 Å². The molecule has 112 valence electrons. The molecule has 2 N–H and O–H groups in total. The fraction of sp³-hybridized carbons (Fsp3) is 0.188. The van der Waals surface area contributed by atoms with Crippen LogP contribution in [0.1, 0.15) is 32.1 Å². The quantitative estimate of drug-likeness (QED) is 0.857. The van der Waals surface area contributed by atoms with E-state index in [-0.39, 0.29) is 24.9 Å². The summed E-state index contributed by atoms with van der Waals surface area (Å²) >= 11 is 0. The highest BCUT2D eigenvalue weighted by Gasteiger charge is 2.35. The lowest BCUT2D eigenvalue weighted by Gasteiger charge is -2.16. The molecule has 2 heterocycles. The predicted molar refractivity (Wildman–Crippen MR) is 79.0 cm³/mol. The Bertz CT molecular complexity index is 757. The zero-order valence-electron chi connectivity index (χ0n) is 12.1. The van der Waals surface area contributed by atoms with Crippen molar-refractivity contribution in [1.82, 2.24) is 9.47 Å². The lowest BCUT2D eigenvalue weighted by atomic mass is 10.1. The van der Waals surface area contributed by atoms with Gasteiger partial charge in [0, 0.05) is 11.4 Å². The summed E-state index contributed by atoms with van der Waals surface area (Å²) in [6.45, 7) is 1.99. The van der Waals surface area contributed by atoms with Gasteiger partial charge in [-0.3, -0.25) is 19.3 Å². The average molecular weight is 297 g/mol. The third-order valence-corrected chi connectivity index (χ3v) is 3.80. The molecule has 0 saturated heterocycles. The smallest absolute Gasteiger partial charge is 0.261 e. The molecule has 1 aromatic carbocycles. The van der Waals surface area contributed by atoms with Crippen LogP contribution in [0, 0.1) is 6.92 Å². The Labute approximate surface area is 127 Å². The van der Waals surface area contributed by atoms with Gasteiger partial charge in [-0.15, -0.1) is 0 Å². The highest BCUT2D eigenvalue weighted by atomic mass is 16.2. The number of hydrogen-bond donors (Lipinski definition) is 1. The van der Waals surface area contributed by atoms with Gasteiger partial charge in [-0.2, -0.15) is 0 Å². The standard InChI is InChI=1S/C16H15N3O3/c1-10-6-7-11(18(10)9-14(17)20)8-19-15(21)12-4-2-3-5-13(12)16(19)22/h2-7H,8-9H2,1H3,(H2,17,20). The van der Waals surface area contributed by atoms with Crippen molar-refractivity contribution in [3.05, 3.63) is 58.9 Å². The third-order valence-electron chi connectivity index (χ3n) is 3.80. The Kier molecular flexibility index (Phi) is 3.29. The minimum Gasteiger partial charge on any atom is -0.368 e. The number of amides is 3. The number of nitrogens with zero attached hydrogens (tertiary/aromatic N) is 2. The first-order valence-electron chi connectivity index (χ1n) is 6.87. The minimum atomic E-state index is -0.470. The molecule has 0 atom stereocenters. The number of fused-ring (bicyclic) bond motifs is 1. The molecule has 0 aliphatic carbocycles. The highest BCUT2D eigenvalue weighted by molar-refractivity contribution is 6.21. The largest absolute Gasteiger partial charge is 0.368 e. The molecule has 6 nitrogen and oxygen atoms in total. The summed E-state index contributed by atoms with van der Waals surface area (Å²) in [7, 11) is 0. The van der Waals surface area contributed by atoms with Crippen molar-refractivity contribution < 1.29 is 14.4 Å². The van der Waals surface area contributed by atoms with Crippen LogP contribution in [0.5, 0.6) is 0 Å². The van der Waals surface area contributed by atoms with Crippen LogP contribution in [0.15, 0.2) is 36.4 Å². The van der Waals surface area contributed by atoms with Gasteiger partial charge in [-0.25, -0.2) is 0 Å². The molecule has 1 aliphatic heterocycles. The molecular weight excluding hydrogens is 282 g/mol. The number of carbonyl (C=O) groups excluding carboxylic acids is 3. The van der Waals surface area contributed by atoms with Crippen LogP contribution in [-0.4, -0.2) is 27.2 Å². The fourth-order valence-corrected chi connectivity index (χ4v) is 2.69. The van der Waals surface area contributed by atoms with Crippen LogP contribution in [-0.2, 0) is 17.9 Å². The van der Waals surface area contributed by atoms with Crippen LogP contribution in [0.25, 0.3) is 0 Å². The number of rotatable bonds is 4. The van der Waals surface area contributed by atoms with E-state index in [2.05, 4.69) is 0 Å². The summed E-state index contributed by atoms with van der Waals surface area (Å²) in [5.41, 5.74) is 7.63. The van der Waals surface area contributed by atoms with E-state index in [1.165, 1.54) is 4.90 Å². The third kappa shape index (κ3) is 2.18. The molecule has 22 heavy (non-hydrogen) atoms. The predicted octanol–water partition coefficient (Wildman–Crippen LogP) is 1.08. The Morgan fingerprint density at radius 2 is 1.64 bits per heavy atom. The van der Waals surface area contributed by atoms with Gasteiger partial charge in [0.2, 0.25) is 5.91 Å². The van der Waals surface area contributed by atoms with Crippen molar-refractivity contribution in [2.24, 2.45) is 5.73 Å². The van der Waals surface area contributed by atoms with E-state index in [0.717, 1.165) is 5.69 Å². The van der Waals surface area contributed by atoms with Crippen molar-refractivity contribution >= 4 is 17.7 Å². The van der Waals surface area contributed by atoms with Gasteiger partial charge < -0.3 is 10.3 Å². The molecule has 0 fully saturated rings. The molecule has 3 amide bonds. The zero-order chi connectivity index (χ0) is 15.9. The van der Waals surface area contributed by atoms with Gasteiger partial charge in [-0.1, -0.05) is 12.1 Å². The molecule has 0 radical (unpaired) electrons. The normalized spacial score (nSPS) is 13.6. The number of imide groups is 1. The Hall–Kier alpha value is -2.89. The van der Waals surface area contributed by atoms with Crippen LogP contribution in [0.2, 0.25) is 0 Å². The first-order chi connectivity index (χ1) is 10.5. The van der Waals surface area contributed by atoms with Crippen molar-refractivity contribution in [1.29, 1.82) is 0 Å². The number of carbonyl (C=O) groups is 3. The summed E-state index contributed by atoms with van der Waals surface area (Å²) in [5, 5.41) is 0. The van der Waals surface area contributed by atoms with Gasteiger partial charge in [0.1, 0.15) is 6.54 Å². The van der Waals surface area contributed by atoms with Crippen molar-refractivity contribution in [2.75, 3.05) is 0 Å². The van der Waals surface area contributed by atoms with E-state index < -0.39 is 5.91 Å². The summed E-state index contributed by atoms with van der Waals surface area (Å²) in [6, 6.07) is 10.4. The maximum absolute atomic E-state index is 12.4. The highest BCUT2D eigenvalue weighted by Crippen LogP contribution is 2.24. The minimum absolute atomic E-state index is 0.0251. The number of primary amides is 1. The van der Waals surface area contributed by atoms with Gasteiger partial charge >= 0.3 is 0 Å². The van der Waals surface area contributed by atoms with Gasteiger partial charge in [0.25, 0.3) is 11.8 Å². The van der Waals surface area contributed by atoms with E-state index in [1.54, 1.807) is 34.9 Å². The van der Waals surface area contributed by atoms with E-state index in [4.69, 9.17) is 5.73 Å². The van der Waals surface area contributed by atoms with Crippen LogP contribution in [0.4, 0.5) is 0 Å².